The van der Waals surface area contributed by atoms with Crippen molar-refractivity contribution >= 4 is 29.4 Å². The number of allylic oxidation sites excluding steroid dienone is 1. The molecule has 3 N–H and O–H groups in total. The van der Waals surface area contributed by atoms with Gasteiger partial charge in [-0.25, -0.2) is 0 Å². The normalized spacial score (nSPS) is 27.5. The van der Waals surface area contributed by atoms with Crippen LogP contribution >= 0.6 is 0 Å². The van der Waals surface area contributed by atoms with Gasteiger partial charge in [0.1, 0.15) is 12.1 Å². The van der Waals surface area contributed by atoms with Crippen molar-refractivity contribution in [3.63, 3.8) is 0 Å². The number of ketones is 1. The Balaban J connectivity index is 1.85. The van der Waals surface area contributed by atoms with Gasteiger partial charge in [-0.15, -0.1) is 0 Å². The number of hydrogen-bond donors (Lipinski definition) is 3. The number of alkyl halides is 3. The van der Waals surface area contributed by atoms with E-state index in [1.807, 2.05) is 19.2 Å². The molecular weight excluding hydrogens is 517 g/mol. The van der Waals surface area contributed by atoms with Crippen LogP contribution in [0.15, 0.2) is 12.7 Å². The summed E-state index contributed by atoms with van der Waals surface area (Å²) in [5, 5.41) is 7.48. The molecule has 0 radical (unpaired) electrons. The Labute approximate surface area is 226 Å². The SMILES string of the molecule is C=CC(=O)C[C@H](C[C@@H]1CCCNC1=O)NC(=O)[C@@H]1[C@@H]2[C@H](CN1C(=O)C(NC(=O)C(F)(F)F)C(C)(C)C)C2(C)C. The van der Waals surface area contributed by atoms with Crippen LogP contribution in [0.2, 0.25) is 0 Å². The molecule has 0 aromatic carbocycles. The molecule has 2 heterocycles. The van der Waals surface area contributed by atoms with Crippen LogP contribution in [0.25, 0.3) is 0 Å². The standard InChI is InChI=1S/C27H39F3N4O5/c1-7-16(35)12-15(11-14-9-8-10-31-21(14)36)32-22(37)19-18-17(26(18,5)6)13-34(19)23(38)20(25(2,3)4)33-24(39)27(28,29)30/h7,14-15,17-20H,1,8-13H2,2-6H3,(H,31,36)(H,32,37)(H,33,39)/t14-,15-,17-,18-,19-,20?/m0/s1. The lowest BCUT2D eigenvalue weighted by atomic mass is 9.85. The Kier molecular flexibility index (Phi) is 8.57. The van der Waals surface area contributed by atoms with Crippen LogP contribution in [-0.2, 0) is 24.0 Å². The fourth-order valence-corrected chi connectivity index (χ4v) is 6.05. The third kappa shape index (κ3) is 6.63. The highest BCUT2D eigenvalue weighted by Gasteiger charge is 2.70. The number of likely N-dealkylation sites (tertiary alicyclic amines) is 1. The van der Waals surface area contributed by atoms with E-state index in [1.165, 1.54) is 25.7 Å². The third-order valence-corrected chi connectivity index (χ3v) is 8.40. The van der Waals surface area contributed by atoms with Crippen LogP contribution in [0.1, 0.15) is 60.3 Å². The first-order chi connectivity index (χ1) is 17.9. The maximum absolute atomic E-state index is 13.7. The van der Waals surface area contributed by atoms with Gasteiger partial charge in [-0.3, -0.25) is 24.0 Å². The minimum Gasteiger partial charge on any atom is -0.356 e. The molecule has 0 spiro atoms. The van der Waals surface area contributed by atoms with Crippen LogP contribution < -0.4 is 16.0 Å². The number of rotatable bonds is 9. The molecule has 9 nitrogen and oxygen atoms in total. The zero-order chi connectivity index (χ0) is 29.5. The van der Waals surface area contributed by atoms with Crippen LogP contribution in [0.3, 0.4) is 0 Å². The Bertz CT molecular complexity index is 1040. The van der Waals surface area contributed by atoms with E-state index in [0.29, 0.717) is 13.0 Å². The van der Waals surface area contributed by atoms with Crippen molar-refractivity contribution in [2.24, 2.45) is 28.6 Å². The number of amides is 4. The van der Waals surface area contributed by atoms with Crippen molar-refractivity contribution in [3.8, 4) is 0 Å². The molecular formula is C27H39F3N4O5. The number of fused-ring (bicyclic) bond motifs is 1. The number of hydrogen-bond acceptors (Lipinski definition) is 5. The second-order valence-electron chi connectivity index (χ2n) is 12.6. The van der Waals surface area contributed by atoms with Gasteiger partial charge in [-0.2, -0.15) is 13.2 Å². The Morgan fingerprint density at radius 1 is 1.18 bits per heavy atom. The smallest absolute Gasteiger partial charge is 0.356 e. The molecule has 0 bridgehead atoms. The zero-order valence-corrected chi connectivity index (χ0v) is 23.1. The van der Waals surface area contributed by atoms with Gasteiger partial charge < -0.3 is 20.9 Å². The number of halogens is 3. The fraction of sp³-hybridized carbons (Fsp3) is 0.741. The van der Waals surface area contributed by atoms with Crippen molar-refractivity contribution < 1.29 is 37.1 Å². The second-order valence-corrected chi connectivity index (χ2v) is 12.6. The number of carbonyl (C=O) groups excluding carboxylic acids is 5. The van der Waals surface area contributed by atoms with Gasteiger partial charge in [0.15, 0.2) is 5.78 Å². The van der Waals surface area contributed by atoms with Gasteiger partial charge in [0.05, 0.1) is 0 Å². The highest BCUT2D eigenvalue weighted by molar-refractivity contribution is 5.95. The molecule has 1 unspecified atom stereocenters. The van der Waals surface area contributed by atoms with Crippen LogP contribution in [0.4, 0.5) is 13.2 Å². The predicted octanol–water partition coefficient (Wildman–Crippen LogP) is 2.11. The zero-order valence-electron chi connectivity index (χ0n) is 23.1. The van der Waals surface area contributed by atoms with Gasteiger partial charge in [-0.05, 0) is 48.0 Å². The summed E-state index contributed by atoms with van der Waals surface area (Å²) >= 11 is 0. The molecule has 3 aliphatic rings. The quantitative estimate of drug-likeness (QED) is 0.375. The van der Waals surface area contributed by atoms with Gasteiger partial charge in [0.25, 0.3) is 0 Å². The number of carbonyl (C=O) groups is 5. The average Bonchev–Trinajstić information content (AvgIpc) is 3.15. The van der Waals surface area contributed by atoms with Crippen LogP contribution in [0.5, 0.6) is 0 Å². The maximum Gasteiger partial charge on any atom is 0.471 e. The molecule has 3 rings (SSSR count). The molecule has 4 amide bonds. The Morgan fingerprint density at radius 2 is 1.82 bits per heavy atom. The first-order valence-corrected chi connectivity index (χ1v) is 13.3. The first kappa shape index (κ1) is 30.6. The van der Waals surface area contributed by atoms with Crippen molar-refractivity contribution in [1.29, 1.82) is 0 Å². The molecule has 12 heteroatoms. The summed E-state index contributed by atoms with van der Waals surface area (Å²) < 4.78 is 39.1. The Morgan fingerprint density at radius 3 is 2.36 bits per heavy atom. The van der Waals surface area contributed by atoms with Gasteiger partial charge >= 0.3 is 12.1 Å². The largest absolute Gasteiger partial charge is 0.471 e. The van der Waals surface area contributed by atoms with Crippen molar-refractivity contribution in [1.82, 2.24) is 20.9 Å². The molecule has 1 saturated carbocycles. The van der Waals surface area contributed by atoms with Gasteiger partial charge in [0.2, 0.25) is 17.7 Å². The van der Waals surface area contributed by atoms with E-state index in [9.17, 15) is 37.1 Å². The molecule has 6 atom stereocenters. The van der Waals surface area contributed by atoms with E-state index in [-0.39, 0.29) is 48.3 Å². The predicted molar refractivity (Wildman–Crippen MR) is 136 cm³/mol. The first-order valence-electron chi connectivity index (χ1n) is 13.3. The summed E-state index contributed by atoms with van der Waals surface area (Å²) in [6.07, 6.45) is -2.51. The molecule has 2 aliphatic heterocycles. The van der Waals surface area contributed by atoms with E-state index in [2.05, 4.69) is 17.2 Å². The summed E-state index contributed by atoms with van der Waals surface area (Å²) in [4.78, 5) is 65.0. The minimum absolute atomic E-state index is 0.0477. The summed E-state index contributed by atoms with van der Waals surface area (Å²) in [6.45, 7) is 12.7. The van der Waals surface area contributed by atoms with Gasteiger partial charge in [-0.1, -0.05) is 41.2 Å². The molecule has 0 aromatic heterocycles. The second kappa shape index (κ2) is 10.9. The van der Waals surface area contributed by atoms with E-state index >= 15 is 0 Å². The topological polar surface area (TPSA) is 125 Å². The Hall–Kier alpha value is -2.92. The van der Waals surface area contributed by atoms with E-state index in [0.717, 1.165) is 12.5 Å². The summed E-state index contributed by atoms with van der Waals surface area (Å²) in [7, 11) is 0. The highest BCUT2D eigenvalue weighted by atomic mass is 19.4. The molecule has 1 aliphatic carbocycles. The molecule has 218 valence electrons. The van der Waals surface area contributed by atoms with E-state index in [4.69, 9.17) is 0 Å². The minimum atomic E-state index is -5.17. The molecule has 0 aromatic rings. The van der Waals surface area contributed by atoms with Crippen LogP contribution in [-0.4, -0.2) is 71.7 Å². The average molecular weight is 557 g/mol. The fourth-order valence-electron chi connectivity index (χ4n) is 6.05. The van der Waals surface area contributed by atoms with Crippen LogP contribution in [0, 0.1) is 28.6 Å². The lowest BCUT2D eigenvalue weighted by Crippen LogP contribution is -2.61. The van der Waals surface area contributed by atoms with Crippen molar-refractivity contribution in [2.75, 3.05) is 13.1 Å². The van der Waals surface area contributed by atoms with E-state index < -0.39 is 53.4 Å². The highest BCUT2D eigenvalue weighted by Crippen LogP contribution is 2.65. The lowest BCUT2D eigenvalue weighted by Gasteiger charge is -2.38. The van der Waals surface area contributed by atoms with Gasteiger partial charge in [0, 0.05) is 31.5 Å². The molecule has 2 saturated heterocycles. The summed E-state index contributed by atoms with van der Waals surface area (Å²) in [6, 6.07) is -3.21. The molecule has 3 fully saturated rings. The monoisotopic (exact) mass is 556 g/mol. The number of piperidine rings is 2. The lowest BCUT2D eigenvalue weighted by molar-refractivity contribution is -0.176. The third-order valence-electron chi connectivity index (χ3n) is 8.40. The van der Waals surface area contributed by atoms with Crippen molar-refractivity contribution in [3.05, 3.63) is 12.7 Å². The summed E-state index contributed by atoms with van der Waals surface area (Å²) in [5.41, 5.74) is -1.35. The number of nitrogens with zero attached hydrogens (tertiary/aromatic N) is 1. The molecule has 39 heavy (non-hydrogen) atoms. The maximum atomic E-state index is 13.7. The summed E-state index contributed by atoms with van der Waals surface area (Å²) in [5.74, 6) is -4.68. The number of nitrogens with one attached hydrogen (secondary N) is 3. The van der Waals surface area contributed by atoms with E-state index in [1.54, 1.807) is 0 Å². The van der Waals surface area contributed by atoms with Crippen molar-refractivity contribution in [2.45, 2.75) is 84.6 Å².